The van der Waals surface area contributed by atoms with Crippen molar-refractivity contribution < 1.29 is 19.4 Å². The van der Waals surface area contributed by atoms with E-state index in [4.69, 9.17) is 4.74 Å². The summed E-state index contributed by atoms with van der Waals surface area (Å²) in [6.45, 7) is 0. The Kier molecular flexibility index (Phi) is 5.74. The first-order chi connectivity index (χ1) is 11.1. The normalized spacial score (nSPS) is 11.5. The van der Waals surface area contributed by atoms with Gasteiger partial charge in [-0.15, -0.1) is 0 Å². The molecule has 2 rings (SSSR count). The Hall–Kier alpha value is -2.82. The number of nitrogens with one attached hydrogen (secondary N) is 1. The van der Waals surface area contributed by atoms with Crippen molar-refractivity contribution in [3.8, 4) is 5.75 Å². The highest BCUT2D eigenvalue weighted by atomic mass is 16.5. The third kappa shape index (κ3) is 5.14. The number of para-hydroxylation sites is 1. The van der Waals surface area contributed by atoms with Gasteiger partial charge in [-0.1, -0.05) is 30.3 Å². The maximum Gasteiger partial charge on any atom is 0.228 e. The van der Waals surface area contributed by atoms with Crippen molar-refractivity contribution in [2.24, 2.45) is 5.92 Å². The molecule has 0 fully saturated rings. The minimum Gasteiger partial charge on any atom is -0.550 e. The molecule has 1 atom stereocenters. The first kappa shape index (κ1) is 16.5. The molecule has 0 aliphatic heterocycles. The van der Waals surface area contributed by atoms with E-state index in [2.05, 4.69) is 5.32 Å². The number of carbonyl (C=O) groups excluding carboxylic acids is 2. The molecule has 0 aliphatic carbocycles. The number of carboxylic acids is 1. The van der Waals surface area contributed by atoms with Crippen LogP contribution in [0.25, 0.3) is 0 Å². The van der Waals surface area contributed by atoms with Gasteiger partial charge in [0.15, 0.2) is 0 Å². The number of anilines is 1. The van der Waals surface area contributed by atoms with Gasteiger partial charge in [-0.05, 0) is 42.7 Å². The fourth-order valence-electron chi connectivity index (χ4n) is 2.27. The zero-order valence-electron chi connectivity index (χ0n) is 12.8. The molecule has 0 saturated heterocycles. The summed E-state index contributed by atoms with van der Waals surface area (Å²) in [6, 6.07) is 16.1. The molecule has 1 unspecified atom stereocenters. The van der Waals surface area contributed by atoms with Crippen molar-refractivity contribution in [1.82, 2.24) is 0 Å². The number of rotatable bonds is 7. The molecular weight excluding hydrogens is 294 g/mol. The van der Waals surface area contributed by atoms with E-state index in [1.165, 1.54) is 0 Å². The number of ether oxygens (including phenoxy) is 1. The predicted molar refractivity (Wildman–Crippen MR) is 84.9 cm³/mol. The van der Waals surface area contributed by atoms with Crippen LogP contribution in [0.3, 0.4) is 0 Å². The molecule has 0 aliphatic rings. The molecule has 0 radical (unpaired) electrons. The molecule has 0 saturated carbocycles. The number of carbonyl (C=O) groups is 2. The SMILES string of the molecule is COc1ccc(CC(CC(=O)[O-])C(=O)Nc2ccccc2)cc1. The van der Waals surface area contributed by atoms with Gasteiger partial charge in [-0.2, -0.15) is 0 Å². The summed E-state index contributed by atoms with van der Waals surface area (Å²) < 4.78 is 5.08. The minimum atomic E-state index is -1.24. The molecule has 0 heterocycles. The fraction of sp³-hybridized carbons (Fsp3) is 0.222. The average Bonchev–Trinajstić information content (AvgIpc) is 2.55. The largest absolute Gasteiger partial charge is 0.550 e. The topological polar surface area (TPSA) is 78.5 Å². The Morgan fingerprint density at radius 3 is 2.30 bits per heavy atom. The Balaban J connectivity index is 2.08. The molecule has 2 aromatic rings. The molecule has 5 nitrogen and oxygen atoms in total. The molecule has 5 heteroatoms. The second-order valence-corrected chi connectivity index (χ2v) is 5.18. The van der Waals surface area contributed by atoms with E-state index in [1.807, 2.05) is 18.2 Å². The average molecular weight is 312 g/mol. The van der Waals surface area contributed by atoms with E-state index in [9.17, 15) is 14.7 Å². The zero-order valence-corrected chi connectivity index (χ0v) is 12.8. The van der Waals surface area contributed by atoms with Crippen LogP contribution in [0.1, 0.15) is 12.0 Å². The quantitative estimate of drug-likeness (QED) is 0.843. The molecule has 120 valence electrons. The van der Waals surface area contributed by atoms with Crippen LogP contribution in [0, 0.1) is 5.92 Å². The van der Waals surface area contributed by atoms with E-state index in [0.29, 0.717) is 17.9 Å². The Morgan fingerprint density at radius 2 is 1.74 bits per heavy atom. The monoisotopic (exact) mass is 312 g/mol. The van der Waals surface area contributed by atoms with Gasteiger partial charge >= 0.3 is 0 Å². The smallest absolute Gasteiger partial charge is 0.228 e. The number of methoxy groups -OCH3 is 1. The van der Waals surface area contributed by atoms with Gasteiger partial charge in [0.1, 0.15) is 5.75 Å². The van der Waals surface area contributed by atoms with E-state index in [-0.39, 0.29) is 12.3 Å². The van der Waals surface area contributed by atoms with Crippen molar-refractivity contribution in [2.75, 3.05) is 12.4 Å². The van der Waals surface area contributed by atoms with Crippen LogP contribution in [0.2, 0.25) is 0 Å². The molecule has 0 bridgehead atoms. The number of amides is 1. The lowest BCUT2D eigenvalue weighted by atomic mass is 9.95. The number of aliphatic carboxylic acids is 1. The molecular formula is C18H18NO4-. The first-order valence-electron chi connectivity index (χ1n) is 7.27. The van der Waals surface area contributed by atoms with Gasteiger partial charge in [-0.25, -0.2) is 0 Å². The molecule has 23 heavy (non-hydrogen) atoms. The Bertz CT molecular complexity index is 652. The lowest BCUT2D eigenvalue weighted by Gasteiger charge is -2.17. The number of benzene rings is 2. The first-order valence-corrected chi connectivity index (χ1v) is 7.27. The van der Waals surface area contributed by atoms with Crippen LogP contribution in [0.5, 0.6) is 5.75 Å². The highest BCUT2D eigenvalue weighted by molar-refractivity contribution is 5.94. The van der Waals surface area contributed by atoms with E-state index in [0.717, 1.165) is 5.56 Å². The zero-order chi connectivity index (χ0) is 16.7. The molecule has 0 aromatic heterocycles. The lowest BCUT2D eigenvalue weighted by molar-refractivity contribution is -0.306. The van der Waals surface area contributed by atoms with Gasteiger partial charge in [0.2, 0.25) is 5.91 Å². The molecule has 1 N–H and O–H groups in total. The third-order valence-corrected chi connectivity index (χ3v) is 3.47. The fourth-order valence-corrected chi connectivity index (χ4v) is 2.27. The van der Waals surface area contributed by atoms with Crippen LogP contribution in [0.4, 0.5) is 5.69 Å². The van der Waals surface area contributed by atoms with Gasteiger partial charge in [-0.3, -0.25) is 4.79 Å². The molecule has 1 amide bonds. The van der Waals surface area contributed by atoms with E-state index in [1.54, 1.807) is 43.5 Å². The summed E-state index contributed by atoms with van der Waals surface area (Å²) in [7, 11) is 1.57. The van der Waals surface area contributed by atoms with Gasteiger partial charge in [0.25, 0.3) is 0 Å². The van der Waals surface area contributed by atoms with Crippen molar-refractivity contribution >= 4 is 17.6 Å². The van der Waals surface area contributed by atoms with Crippen molar-refractivity contribution in [1.29, 1.82) is 0 Å². The predicted octanol–water partition coefficient (Wildman–Crippen LogP) is 1.63. The van der Waals surface area contributed by atoms with Gasteiger partial charge in [0.05, 0.1) is 7.11 Å². The summed E-state index contributed by atoms with van der Waals surface area (Å²) >= 11 is 0. The summed E-state index contributed by atoms with van der Waals surface area (Å²) in [5.41, 5.74) is 1.50. The van der Waals surface area contributed by atoms with Crippen molar-refractivity contribution in [3.05, 3.63) is 60.2 Å². The second kappa shape index (κ2) is 7.98. The number of hydrogen-bond acceptors (Lipinski definition) is 4. The summed E-state index contributed by atoms with van der Waals surface area (Å²) in [5, 5.41) is 13.7. The van der Waals surface area contributed by atoms with E-state index < -0.39 is 11.9 Å². The number of carboxylic acid groups (broad SMARTS) is 1. The third-order valence-electron chi connectivity index (χ3n) is 3.47. The summed E-state index contributed by atoms with van der Waals surface area (Å²) in [6.07, 6.45) is -0.0126. The van der Waals surface area contributed by atoms with Crippen LogP contribution in [-0.2, 0) is 16.0 Å². The summed E-state index contributed by atoms with van der Waals surface area (Å²) in [5.74, 6) is -1.57. The highest BCUT2D eigenvalue weighted by Crippen LogP contribution is 2.18. The maximum atomic E-state index is 12.3. The van der Waals surface area contributed by atoms with Crippen LogP contribution in [0.15, 0.2) is 54.6 Å². The van der Waals surface area contributed by atoms with E-state index >= 15 is 0 Å². The van der Waals surface area contributed by atoms with Crippen molar-refractivity contribution in [2.45, 2.75) is 12.8 Å². The Morgan fingerprint density at radius 1 is 1.09 bits per heavy atom. The minimum absolute atomic E-state index is 0.316. The standard InChI is InChI=1S/C18H19NO4/c1-23-16-9-7-13(8-10-16)11-14(12-17(20)21)18(22)19-15-5-3-2-4-6-15/h2-10,14H,11-12H2,1H3,(H,19,22)(H,20,21)/p-1. The molecule has 0 spiro atoms. The number of hydrogen-bond donors (Lipinski definition) is 1. The van der Waals surface area contributed by atoms with Gasteiger partial charge in [0, 0.05) is 17.6 Å². The maximum absolute atomic E-state index is 12.3. The van der Waals surface area contributed by atoms with Gasteiger partial charge < -0.3 is 20.0 Å². The van der Waals surface area contributed by atoms with Crippen molar-refractivity contribution in [3.63, 3.8) is 0 Å². The van der Waals surface area contributed by atoms with Crippen LogP contribution >= 0.6 is 0 Å². The Labute approximate surface area is 134 Å². The lowest BCUT2D eigenvalue weighted by Crippen LogP contribution is -2.32. The van der Waals surface area contributed by atoms with Crippen LogP contribution < -0.4 is 15.2 Å². The molecule has 2 aromatic carbocycles. The highest BCUT2D eigenvalue weighted by Gasteiger charge is 2.19. The van der Waals surface area contributed by atoms with Crippen LogP contribution in [-0.4, -0.2) is 19.0 Å². The summed E-state index contributed by atoms with van der Waals surface area (Å²) in [4.78, 5) is 23.3. The second-order valence-electron chi connectivity index (χ2n) is 5.18.